The number of allylic oxidation sites excluding steroid dienone is 2. The number of aliphatic hydroxyl groups is 1. The molecule has 13 nitrogen and oxygen atoms in total. The van der Waals surface area contributed by atoms with Crippen molar-refractivity contribution in [2.24, 2.45) is 41.4 Å². The molecule has 338 valence electrons. The van der Waals surface area contributed by atoms with Gasteiger partial charge in [-0.2, -0.15) is 0 Å². The average Bonchev–Trinajstić information content (AvgIpc) is 3.76. The predicted molar refractivity (Wildman–Crippen MR) is 222 cm³/mol. The lowest BCUT2D eigenvalue weighted by Gasteiger charge is -2.47. The average molecular weight is 835 g/mol. The zero-order valence-corrected chi connectivity index (χ0v) is 37.9. The summed E-state index contributed by atoms with van der Waals surface area (Å²) < 4.78 is 50.4. The van der Waals surface area contributed by atoms with Crippen LogP contribution in [0.25, 0.3) is 0 Å². The Kier molecular flexibility index (Phi) is 16.2. The molecule has 0 aromatic carbocycles. The Morgan fingerprint density at radius 2 is 1.68 bits per heavy atom. The maximum absolute atomic E-state index is 15.0. The van der Waals surface area contributed by atoms with Crippen LogP contribution in [0.3, 0.4) is 0 Å². The molecule has 0 spiro atoms. The van der Waals surface area contributed by atoms with Gasteiger partial charge in [0.2, 0.25) is 0 Å². The molecule has 5 fully saturated rings. The second kappa shape index (κ2) is 20.3. The summed E-state index contributed by atoms with van der Waals surface area (Å²) in [6.45, 7) is 14.0. The molecule has 2 N–H and O–H groups in total. The van der Waals surface area contributed by atoms with E-state index in [1.165, 1.54) is 0 Å². The lowest BCUT2D eigenvalue weighted by molar-refractivity contribution is -0.314. The van der Waals surface area contributed by atoms with E-state index in [9.17, 15) is 9.90 Å². The molecule has 2 saturated carbocycles. The summed E-state index contributed by atoms with van der Waals surface area (Å²) in [6, 6.07) is -0.247. The molecule has 6 rings (SSSR count). The Bertz CT molecular complexity index is 1430. The van der Waals surface area contributed by atoms with E-state index in [2.05, 4.69) is 58.1 Å². The van der Waals surface area contributed by atoms with Gasteiger partial charge < -0.3 is 53.2 Å². The predicted octanol–water partition coefficient (Wildman–Crippen LogP) is 5.30. The molecule has 4 unspecified atom stereocenters. The molecule has 3 heterocycles. The molecule has 13 heteroatoms. The minimum Gasteiger partial charge on any atom is -0.462 e. The zero-order valence-electron chi connectivity index (χ0n) is 37.9. The number of carbonyl (C=O) groups excluding carboxylic acids is 2. The summed E-state index contributed by atoms with van der Waals surface area (Å²) in [5.41, 5.74) is 0.304. The Morgan fingerprint density at radius 1 is 0.966 bits per heavy atom. The number of ether oxygens (including phenoxy) is 8. The molecule has 0 bridgehead atoms. The van der Waals surface area contributed by atoms with Gasteiger partial charge in [0.15, 0.2) is 18.4 Å². The third-order valence-electron chi connectivity index (χ3n) is 14.6. The Morgan fingerprint density at radius 3 is 2.34 bits per heavy atom. The first-order valence-corrected chi connectivity index (χ1v) is 22.9. The van der Waals surface area contributed by atoms with E-state index in [0.29, 0.717) is 43.6 Å². The van der Waals surface area contributed by atoms with E-state index in [4.69, 9.17) is 37.9 Å². The molecule has 0 aromatic rings. The quantitative estimate of drug-likeness (QED) is 0.232. The number of nitrogens with one attached hydrogen (secondary N) is 1. The smallest absolute Gasteiger partial charge is 0.306 e. The summed E-state index contributed by atoms with van der Waals surface area (Å²) in [5, 5.41) is 16.3. The van der Waals surface area contributed by atoms with Crippen LogP contribution in [0, 0.1) is 41.4 Å². The van der Waals surface area contributed by atoms with Crippen LogP contribution in [0.4, 0.5) is 0 Å². The molecule has 3 aliphatic carbocycles. The molecule has 0 radical (unpaired) electrons. The minimum atomic E-state index is -0.793. The number of ketones is 1. The molecule has 3 saturated heterocycles. The third kappa shape index (κ3) is 10.5. The van der Waals surface area contributed by atoms with Crippen molar-refractivity contribution in [1.29, 1.82) is 0 Å². The van der Waals surface area contributed by atoms with Gasteiger partial charge in [-0.15, -0.1) is 0 Å². The second-order valence-corrected chi connectivity index (χ2v) is 19.7. The minimum absolute atomic E-state index is 0.00579. The maximum atomic E-state index is 15.0. The summed E-state index contributed by atoms with van der Waals surface area (Å²) >= 11 is 0. The van der Waals surface area contributed by atoms with Gasteiger partial charge in [0.1, 0.15) is 24.4 Å². The van der Waals surface area contributed by atoms with Crippen LogP contribution in [0.2, 0.25) is 0 Å². The van der Waals surface area contributed by atoms with Gasteiger partial charge in [-0.3, -0.25) is 9.59 Å². The standard InChI is InChI=1S/C46H78N2O11/c1-12-28-15-13-16-35(58-37-17-14-18-46(6,59-37)24-48(7)8)26(4)40(50)34-21-31-30-19-29(57-45-44(54-11)43(53-10)42(52-9)27(5)55-45)20-33(30)39(47-23-25(2)3)41(51)38(31)32(34)22-36(49)56-28/h21,25-33,35,37-39,41-45,47,51H,12-20,22-24H2,1-11H3/t26-,27?,28+,29+,30+,31+,32-,33-,35+,37-,38-,39+,41+,42+,43?,44?,45+,46?/m1/s1. The highest BCUT2D eigenvalue weighted by Crippen LogP contribution is 2.57. The highest BCUT2D eigenvalue weighted by Gasteiger charge is 2.59. The van der Waals surface area contributed by atoms with Gasteiger partial charge >= 0.3 is 5.97 Å². The number of methoxy groups -OCH3 is 3. The molecule has 6 aliphatic rings. The maximum Gasteiger partial charge on any atom is 0.306 e. The van der Waals surface area contributed by atoms with Gasteiger partial charge in [-0.05, 0) is 122 Å². The van der Waals surface area contributed by atoms with Gasteiger partial charge in [0.05, 0.1) is 36.4 Å². The van der Waals surface area contributed by atoms with E-state index in [1.54, 1.807) is 21.3 Å². The van der Waals surface area contributed by atoms with Gasteiger partial charge in [-0.25, -0.2) is 0 Å². The number of likely N-dealkylation sites (N-methyl/N-ethyl adjacent to an activating group) is 1. The first-order chi connectivity index (χ1) is 28.1. The van der Waals surface area contributed by atoms with Crippen LogP contribution in [-0.4, -0.2) is 143 Å². The lowest BCUT2D eigenvalue weighted by atomic mass is 9.62. The number of esters is 1. The summed E-state index contributed by atoms with van der Waals surface area (Å²) in [6.07, 6.45) is 5.02. The number of rotatable bonds is 13. The molecule has 0 amide bonds. The fourth-order valence-electron chi connectivity index (χ4n) is 11.9. The molecular weight excluding hydrogens is 757 g/mol. The van der Waals surface area contributed by atoms with Crippen molar-refractivity contribution in [2.75, 3.05) is 48.5 Å². The number of carbonyl (C=O) groups is 2. The van der Waals surface area contributed by atoms with Crippen LogP contribution in [0.1, 0.15) is 106 Å². The number of cyclic esters (lactones) is 1. The topological polar surface area (TPSA) is 143 Å². The fourth-order valence-corrected chi connectivity index (χ4v) is 11.9. The first kappa shape index (κ1) is 47.0. The van der Waals surface area contributed by atoms with Crippen molar-refractivity contribution in [1.82, 2.24) is 10.2 Å². The number of aliphatic hydroxyl groups excluding tert-OH is 1. The normalized spacial score (nSPS) is 44.6. The first-order valence-electron chi connectivity index (χ1n) is 22.9. The number of nitrogens with zero attached hydrogens (tertiary/aromatic N) is 1. The van der Waals surface area contributed by atoms with Gasteiger partial charge in [0.25, 0.3) is 0 Å². The SMILES string of the molecule is CC[C@H]1CCC[C@H](O[C@H]2CCCC(C)(CN(C)C)O2)[C@@H](C)C(=O)C2=C[C@H]3[C@@H]4C[C@H](O[C@@H]5OC(C)[C@H](OC)C(OC)C5OC)C[C@H]4[C@H](NCC(C)C)[C@@H](O)[C@H]3[C@@H]2CC(=O)O1. The number of Topliss-reactive ketones (excluding diaryl/α,β-unsaturated/α-hetero) is 1. The Labute approximate surface area is 354 Å². The van der Waals surface area contributed by atoms with Crippen molar-refractivity contribution < 1.29 is 52.6 Å². The van der Waals surface area contributed by atoms with E-state index < -0.39 is 36.6 Å². The van der Waals surface area contributed by atoms with Crippen molar-refractivity contribution in [3.8, 4) is 0 Å². The summed E-state index contributed by atoms with van der Waals surface area (Å²) in [7, 11) is 9.06. The molecule has 18 atom stereocenters. The van der Waals surface area contributed by atoms with Crippen LogP contribution in [0.5, 0.6) is 0 Å². The molecule has 3 aliphatic heterocycles. The summed E-state index contributed by atoms with van der Waals surface area (Å²) in [4.78, 5) is 31.1. The van der Waals surface area contributed by atoms with Crippen LogP contribution >= 0.6 is 0 Å². The van der Waals surface area contributed by atoms with Crippen LogP contribution < -0.4 is 5.32 Å². The summed E-state index contributed by atoms with van der Waals surface area (Å²) in [5.74, 6) is -1.20. The highest BCUT2D eigenvalue weighted by atomic mass is 16.7. The molecule has 59 heavy (non-hydrogen) atoms. The monoisotopic (exact) mass is 835 g/mol. The number of fused-ring (bicyclic) bond motifs is 5. The van der Waals surface area contributed by atoms with E-state index >= 15 is 4.79 Å². The van der Waals surface area contributed by atoms with E-state index in [0.717, 1.165) is 38.8 Å². The van der Waals surface area contributed by atoms with Crippen molar-refractivity contribution in [3.63, 3.8) is 0 Å². The largest absolute Gasteiger partial charge is 0.462 e. The lowest BCUT2D eigenvalue weighted by Crippen LogP contribution is -2.59. The van der Waals surface area contributed by atoms with Gasteiger partial charge in [0, 0.05) is 51.7 Å². The van der Waals surface area contributed by atoms with E-state index in [1.807, 2.05) is 13.8 Å². The fraction of sp³-hybridized carbons (Fsp3) is 0.913. The Balaban J connectivity index is 1.30. The third-order valence-corrected chi connectivity index (χ3v) is 14.6. The number of hydrogen-bond donors (Lipinski definition) is 2. The Hall–Kier alpha value is -1.52. The van der Waals surface area contributed by atoms with Crippen LogP contribution in [-0.2, 0) is 47.5 Å². The van der Waals surface area contributed by atoms with Crippen molar-refractivity contribution in [3.05, 3.63) is 11.6 Å². The van der Waals surface area contributed by atoms with E-state index in [-0.39, 0.29) is 90.1 Å². The van der Waals surface area contributed by atoms with Crippen molar-refractivity contribution >= 4 is 11.8 Å². The number of hydrogen-bond acceptors (Lipinski definition) is 13. The molecular formula is C46H78N2O11. The second-order valence-electron chi connectivity index (χ2n) is 19.7. The van der Waals surface area contributed by atoms with Gasteiger partial charge in [-0.1, -0.05) is 33.8 Å². The molecule has 0 aromatic heterocycles. The van der Waals surface area contributed by atoms with Crippen molar-refractivity contribution in [2.45, 2.75) is 179 Å². The van der Waals surface area contributed by atoms with Crippen LogP contribution in [0.15, 0.2) is 11.6 Å². The zero-order chi connectivity index (χ0) is 42.8. The highest BCUT2D eigenvalue weighted by molar-refractivity contribution is 5.99.